The van der Waals surface area contributed by atoms with E-state index >= 15 is 0 Å². The number of imidazole rings is 1. The third-order valence-corrected chi connectivity index (χ3v) is 7.26. The summed E-state index contributed by atoms with van der Waals surface area (Å²) < 4.78 is 28.6. The Kier molecular flexibility index (Phi) is 6.95. The summed E-state index contributed by atoms with van der Waals surface area (Å²) in [5, 5.41) is 0.186. The van der Waals surface area contributed by atoms with Crippen molar-refractivity contribution in [3.63, 3.8) is 0 Å². The van der Waals surface area contributed by atoms with Crippen molar-refractivity contribution in [2.24, 2.45) is 10.8 Å². The second-order valence-corrected chi connectivity index (χ2v) is 11.7. The predicted molar refractivity (Wildman–Crippen MR) is 149 cm³/mol. The van der Waals surface area contributed by atoms with Gasteiger partial charge in [0.05, 0.1) is 19.5 Å². The molecular formula is C29H34ClN5O4. The third kappa shape index (κ3) is 5.14. The first kappa shape index (κ1) is 27.2. The molecule has 1 aliphatic heterocycles. The van der Waals surface area contributed by atoms with Crippen LogP contribution in [0.1, 0.15) is 34.6 Å². The van der Waals surface area contributed by atoms with Crippen molar-refractivity contribution in [3.8, 4) is 11.5 Å². The van der Waals surface area contributed by atoms with Gasteiger partial charge in [-0.1, -0.05) is 68.8 Å². The van der Waals surface area contributed by atoms with Crippen LogP contribution < -0.4 is 15.2 Å². The Balaban J connectivity index is 1.73. The monoisotopic (exact) mass is 551 g/mol. The molecule has 1 saturated heterocycles. The number of fused-ring (bicyclic) bond motifs is 1. The van der Waals surface area contributed by atoms with Crippen molar-refractivity contribution in [2.75, 3.05) is 18.9 Å². The smallest absolute Gasteiger partial charge is 0.267 e. The Bertz CT molecular complexity index is 1390. The van der Waals surface area contributed by atoms with Crippen LogP contribution in [0, 0.1) is 10.8 Å². The Morgan fingerprint density at radius 3 is 1.97 bits per heavy atom. The summed E-state index contributed by atoms with van der Waals surface area (Å²) in [7, 11) is 0. The fourth-order valence-corrected chi connectivity index (χ4v) is 5.33. The SMILES string of the molecule is CC1(C)OCC(Cn2cnc3c(Cl)nc(N)nc32)(C(Oc2ccccc2)(Oc2ccccc2)C(C)(C)C)CO1. The van der Waals surface area contributed by atoms with Crippen LogP contribution in [0.3, 0.4) is 0 Å². The van der Waals surface area contributed by atoms with E-state index in [1.807, 2.05) is 79.1 Å². The van der Waals surface area contributed by atoms with Gasteiger partial charge in [-0.2, -0.15) is 9.97 Å². The standard InChI is InChI=1S/C29H34ClN5O4/c1-26(2,3)29(38-20-12-8-6-9-13-20,39-21-14-10-7-11-15-21)28(17-36-27(4,5)37-18-28)16-35-19-32-22-23(30)33-25(31)34-24(22)35/h6-15,19H,16-18H2,1-5H3,(H2,31,33,34). The molecule has 2 aromatic heterocycles. The number of nitrogen functional groups attached to an aromatic ring is 1. The van der Waals surface area contributed by atoms with Crippen LogP contribution in [0.25, 0.3) is 11.2 Å². The highest BCUT2D eigenvalue weighted by atomic mass is 35.5. The number of anilines is 1. The van der Waals surface area contributed by atoms with Crippen LogP contribution >= 0.6 is 11.6 Å². The number of rotatable bonds is 7. The molecular weight excluding hydrogens is 518 g/mol. The number of benzene rings is 2. The summed E-state index contributed by atoms with van der Waals surface area (Å²) in [6, 6.07) is 19.3. The number of nitrogens with zero attached hydrogens (tertiary/aromatic N) is 4. The molecule has 0 atom stereocenters. The zero-order valence-corrected chi connectivity index (χ0v) is 23.6. The molecule has 0 amide bonds. The van der Waals surface area contributed by atoms with Crippen molar-refractivity contribution in [1.82, 2.24) is 19.5 Å². The molecule has 0 radical (unpaired) electrons. The molecule has 5 rings (SSSR count). The number of halogens is 1. The van der Waals surface area contributed by atoms with E-state index in [-0.39, 0.29) is 24.3 Å². The van der Waals surface area contributed by atoms with Gasteiger partial charge in [-0.05, 0) is 38.1 Å². The highest BCUT2D eigenvalue weighted by Crippen LogP contribution is 2.52. The van der Waals surface area contributed by atoms with Gasteiger partial charge in [-0.3, -0.25) is 0 Å². The maximum atomic E-state index is 6.99. The lowest BCUT2D eigenvalue weighted by Crippen LogP contribution is -2.71. The van der Waals surface area contributed by atoms with Crippen LogP contribution in [0.4, 0.5) is 5.95 Å². The zero-order valence-electron chi connectivity index (χ0n) is 22.8. The summed E-state index contributed by atoms with van der Waals surface area (Å²) in [4.78, 5) is 13.0. The number of nitrogens with two attached hydrogens (primary N) is 1. The Morgan fingerprint density at radius 1 is 0.923 bits per heavy atom. The minimum absolute atomic E-state index is 0.0590. The minimum Gasteiger partial charge on any atom is -0.451 e. The molecule has 4 aromatic rings. The van der Waals surface area contributed by atoms with E-state index in [4.69, 9.17) is 36.3 Å². The molecule has 206 valence electrons. The van der Waals surface area contributed by atoms with E-state index in [0.29, 0.717) is 29.2 Å². The molecule has 0 spiro atoms. The maximum absolute atomic E-state index is 6.99. The second kappa shape index (κ2) is 9.97. The fraction of sp³-hybridized carbons (Fsp3) is 0.414. The first-order valence-electron chi connectivity index (χ1n) is 12.8. The van der Waals surface area contributed by atoms with E-state index in [0.717, 1.165) is 0 Å². The van der Waals surface area contributed by atoms with Gasteiger partial charge in [-0.15, -0.1) is 0 Å². The first-order chi connectivity index (χ1) is 18.4. The molecule has 10 heteroatoms. The average molecular weight is 552 g/mol. The number of hydrogen-bond donors (Lipinski definition) is 1. The second-order valence-electron chi connectivity index (χ2n) is 11.4. The molecule has 2 aromatic carbocycles. The van der Waals surface area contributed by atoms with Crippen LogP contribution in [-0.2, 0) is 16.0 Å². The highest BCUT2D eigenvalue weighted by molar-refractivity contribution is 6.33. The van der Waals surface area contributed by atoms with Gasteiger partial charge in [0.15, 0.2) is 16.6 Å². The number of hydrogen-bond acceptors (Lipinski definition) is 8. The molecule has 1 aliphatic rings. The van der Waals surface area contributed by atoms with Gasteiger partial charge in [0, 0.05) is 12.0 Å². The van der Waals surface area contributed by atoms with Gasteiger partial charge in [0.25, 0.3) is 5.79 Å². The van der Waals surface area contributed by atoms with Gasteiger partial charge in [-0.25, -0.2) is 4.98 Å². The first-order valence-corrected chi connectivity index (χ1v) is 13.2. The van der Waals surface area contributed by atoms with Crippen molar-refractivity contribution >= 4 is 28.7 Å². The van der Waals surface area contributed by atoms with Crippen molar-refractivity contribution < 1.29 is 18.9 Å². The van der Waals surface area contributed by atoms with E-state index in [2.05, 4.69) is 35.7 Å². The van der Waals surface area contributed by atoms with Crippen molar-refractivity contribution in [1.29, 1.82) is 0 Å². The van der Waals surface area contributed by atoms with Crippen molar-refractivity contribution in [3.05, 3.63) is 72.1 Å². The minimum atomic E-state index is -1.31. The highest BCUT2D eigenvalue weighted by Gasteiger charge is 2.65. The van der Waals surface area contributed by atoms with Crippen molar-refractivity contribution in [2.45, 2.75) is 52.7 Å². The predicted octanol–water partition coefficient (Wildman–Crippen LogP) is 5.73. The van der Waals surface area contributed by atoms with E-state index in [1.54, 1.807) is 6.33 Å². The number of ether oxygens (including phenoxy) is 4. The number of para-hydroxylation sites is 2. The topological polar surface area (TPSA) is 107 Å². The maximum Gasteiger partial charge on any atom is 0.267 e. The summed E-state index contributed by atoms with van der Waals surface area (Å²) in [6.45, 7) is 10.9. The van der Waals surface area contributed by atoms with Crippen LogP contribution in [-0.4, -0.2) is 44.3 Å². The molecule has 0 saturated carbocycles. The Labute approximate surface area is 233 Å². The lowest BCUT2D eigenvalue weighted by atomic mass is 9.66. The van der Waals surface area contributed by atoms with Crippen LogP contribution in [0.2, 0.25) is 5.15 Å². The molecule has 2 N–H and O–H groups in total. The summed E-state index contributed by atoms with van der Waals surface area (Å²) >= 11 is 6.36. The van der Waals surface area contributed by atoms with Gasteiger partial charge >= 0.3 is 0 Å². The van der Waals surface area contributed by atoms with E-state index < -0.39 is 22.4 Å². The fourth-order valence-electron chi connectivity index (χ4n) is 5.11. The molecule has 0 aliphatic carbocycles. The zero-order chi connectivity index (χ0) is 27.9. The lowest BCUT2D eigenvalue weighted by Gasteiger charge is -2.57. The van der Waals surface area contributed by atoms with Gasteiger partial charge in [0.2, 0.25) is 5.95 Å². The lowest BCUT2D eigenvalue weighted by molar-refractivity contribution is -0.362. The summed E-state index contributed by atoms with van der Waals surface area (Å²) in [5.41, 5.74) is 5.41. The molecule has 0 bridgehead atoms. The van der Waals surface area contributed by atoms with Crippen LogP contribution in [0.5, 0.6) is 11.5 Å². The van der Waals surface area contributed by atoms with E-state index in [9.17, 15) is 0 Å². The summed E-state index contributed by atoms with van der Waals surface area (Å²) in [5.74, 6) is -0.739. The Hall–Kier alpha value is -3.40. The third-order valence-electron chi connectivity index (χ3n) is 7.00. The molecule has 9 nitrogen and oxygen atoms in total. The number of aromatic nitrogens is 4. The molecule has 3 heterocycles. The molecule has 1 fully saturated rings. The normalized spacial score (nSPS) is 17.2. The van der Waals surface area contributed by atoms with E-state index in [1.165, 1.54) is 0 Å². The molecule has 39 heavy (non-hydrogen) atoms. The quantitative estimate of drug-likeness (QED) is 0.229. The van der Waals surface area contributed by atoms with Gasteiger partial charge in [0.1, 0.15) is 22.4 Å². The summed E-state index contributed by atoms with van der Waals surface area (Å²) in [6.07, 6.45) is 1.67. The van der Waals surface area contributed by atoms with Crippen LogP contribution in [0.15, 0.2) is 67.0 Å². The molecule has 0 unspecified atom stereocenters. The van der Waals surface area contributed by atoms with Gasteiger partial charge < -0.3 is 29.2 Å². The average Bonchev–Trinajstić information content (AvgIpc) is 3.28. The largest absolute Gasteiger partial charge is 0.451 e. The Morgan fingerprint density at radius 2 is 1.46 bits per heavy atom.